The fourth-order valence-corrected chi connectivity index (χ4v) is 2.54. The quantitative estimate of drug-likeness (QED) is 0.687. The van der Waals surface area contributed by atoms with Crippen molar-refractivity contribution in [2.75, 3.05) is 0 Å². The fourth-order valence-electron chi connectivity index (χ4n) is 2.32. The molecule has 0 saturated heterocycles. The number of rotatable bonds is 2. The zero-order valence-electron chi connectivity index (χ0n) is 10.5. The smallest absolute Gasteiger partial charge is 0.129 e. The van der Waals surface area contributed by atoms with Gasteiger partial charge in [-0.2, -0.15) is 5.26 Å². The van der Waals surface area contributed by atoms with Gasteiger partial charge in [-0.15, -0.1) is 0 Å². The van der Waals surface area contributed by atoms with Crippen LogP contribution in [0.3, 0.4) is 0 Å². The summed E-state index contributed by atoms with van der Waals surface area (Å²) in [7, 11) is 0. The number of nitriles is 1. The molecule has 3 aromatic rings. The first-order chi connectivity index (χ1) is 9.70. The van der Waals surface area contributed by atoms with Crippen molar-refractivity contribution in [3.8, 4) is 6.07 Å². The zero-order chi connectivity index (χ0) is 14.1. The van der Waals surface area contributed by atoms with Crippen LogP contribution in [0.15, 0.2) is 48.7 Å². The fraction of sp³-hybridized carbons (Fsp3) is 0.0625. The van der Waals surface area contributed by atoms with Crippen molar-refractivity contribution < 1.29 is 4.39 Å². The Morgan fingerprint density at radius 1 is 1.15 bits per heavy atom. The molecule has 98 valence electrons. The van der Waals surface area contributed by atoms with E-state index >= 15 is 0 Å². The second kappa shape index (κ2) is 4.99. The summed E-state index contributed by atoms with van der Waals surface area (Å²) in [5, 5.41) is 10.4. The minimum absolute atomic E-state index is 0.299. The van der Waals surface area contributed by atoms with Gasteiger partial charge in [0.25, 0.3) is 0 Å². The van der Waals surface area contributed by atoms with Crippen LogP contribution in [0.25, 0.3) is 10.9 Å². The van der Waals surface area contributed by atoms with Crippen molar-refractivity contribution in [3.63, 3.8) is 0 Å². The molecule has 0 fully saturated rings. The number of fused-ring (bicyclic) bond motifs is 1. The van der Waals surface area contributed by atoms with E-state index in [1.165, 1.54) is 6.07 Å². The van der Waals surface area contributed by atoms with Gasteiger partial charge in [0.1, 0.15) is 11.9 Å². The Bertz CT molecular complexity index is 810. The summed E-state index contributed by atoms with van der Waals surface area (Å²) in [4.78, 5) is 0. The molecule has 0 atom stereocenters. The minimum atomic E-state index is -0.339. The van der Waals surface area contributed by atoms with Crippen LogP contribution in [0.1, 0.15) is 11.1 Å². The number of para-hydroxylation sites is 1. The molecule has 0 aliphatic carbocycles. The van der Waals surface area contributed by atoms with Crippen molar-refractivity contribution in [1.82, 2.24) is 4.57 Å². The summed E-state index contributed by atoms with van der Waals surface area (Å²) in [5.74, 6) is -0.339. The standard InChI is InChI=1S/C16H10ClFN2/c17-14-5-3-6-15(18)13(14)10-20-9-11(8-19)12-4-1-2-7-16(12)20/h1-7,9H,10H2. The molecule has 0 radical (unpaired) electrons. The maximum atomic E-state index is 13.9. The van der Waals surface area contributed by atoms with Gasteiger partial charge in [-0.3, -0.25) is 0 Å². The average molecular weight is 285 g/mol. The molecule has 0 bridgehead atoms. The van der Waals surface area contributed by atoms with Crippen molar-refractivity contribution in [2.45, 2.75) is 6.54 Å². The highest BCUT2D eigenvalue weighted by molar-refractivity contribution is 6.31. The van der Waals surface area contributed by atoms with Crippen LogP contribution in [-0.4, -0.2) is 4.57 Å². The monoisotopic (exact) mass is 284 g/mol. The maximum absolute atomic E-state index is 13.9. The van der Waals surface area contributed by atoms with Gasteiger partial charge in [0.2, 0.25) is 0 Å². The highest BCUT2D eigenvalue weighted by Gasteiger charge is 2.12. The predicted molar refractivity (Wildman–Crippen MR) is 77.2 cm³/mol. The van der Waals surface area contributed by atoms with E-state index in [0.717, 1.165) is 10.9 Å². The molecule has 0 spiro atoms. The SMILES string of the molecule is N#Cc1cn(Cc2c(F)cccc2Cl)c2ccccc12. The molecular formula is C16H10ClFN2. The highest BCUT2D eigenvalue weighted by Crippen LogP contribution is 2.25. The first kappa shape index (κ1) is 12.7. The Morgan fingerprint density at radius 3 is 2.70 bits per heavy atom. The summed E-state index contributed by atoms with van der Waals surface area (Å²) >= 11 is 6.05. The lowest BCUT2D eigenvalue weighted by Gasteiger charge is -2.08. The molecular weight excluding hydrogens is 275 g/mol. The van der Waals surface area contributed by atoms with Gasteiger partial charge in [-0.25, -0.2) is 4.39 Å². The summed E-state index contributed by atoms with van der Waals surface area (Å²) in [5.41, 5.74) is 1.90. The molecule has 0 amide bonds. The lowest BCUT2D eigenvalue weighted by molar-refractivity contribution is 0.602. The summed E-state index contributed by atoms with van der Waals surface area (Å²) in [6, 6.07) is 14.3. The van der Waals surface area contributed by atoms with Crippen LogP contribution in [0, 0.1) is 17.1 Å². The van der Waals surface area contributed by atoms with E-state index in [1.807, 2.05) is 28.8 Å². The molecule has 0 unspecified atom stereocenters. The van der Waals surface area contributed by atoms with Crippen molar-refractivity contribution in [3.05, 3.63) is 70.6 Å². The van der Waals surface area contributed by atoms with Crippen LogP contribution in [0.5, 0.6) is 0 Å². The number of nitrogens with zero attached hydrogens (tertiary/aromatic N) is 2. The maximum Gasteiger partial charge on any atom is 0.129 e. The van der Waals surface area contributed by atoms with E-state index in [-0.39, 0.29) is 5.82 Å². The molecule has 0 aliphatic heterocycles. The number of benzene rings is 2. The molecule has 2 aromatic carbocycles. The molecule has 0 N–H and O–H groups in total. The first-order valence-electron chi connectivity index (χ1n) is 6.11. The van der Waals surface area contributed by atoms with Crippen LogP contribution in [-0.2, 0) is 6.54 Å². The Morgan fingerprint density at radius 2 is 1.95 bits per heavy atom. The number of hydrogen-bond acceptors (Lipinski definition) is 1. The van der Waals surface area contributed by atoms with E-state index in [2.05, 4.69) is 6.07 Å². The lowest BCUT2D eigenvalue weighted by atomic mass is 10.2. The number of hydrogen-bond donors (Lipinski definition) is 0. The van der Waals surface area contributed by atoms with E-state index < -0.39 is 0 Å². The summed E-state index contributed by atoms with van der Waals surface area (Å²) in [6.07, 6.45) is 1.73. The van der Waals surface area contributed by atoms with Gasteiger partial charge in [-0.05, 0) is 18.2 Å². The average Bonchev–Trinajstić information content (AvgIpc) is 2.81. The summed E-state index contributed by atoms with van der Waals surface area (Å²) < 4.78 is 15.7. The van der Waals surface area contributed by atoms with Gasteiger partial charge in [0.15, 0.2) is 0 Å². The second-order valence-corrected chi connectivity index (χ2v) is 4.91. The largest absolute Gasteiger partial charge is 0.342 e. The third-order valence-corrected chi connectivity index (χ3v) is 3.65. The Kier molecular flexibility index (Phi) is 3.17. The molecule has 3 rings (SSSR count). The van der Waals surface area contributed by atoms with Crippen LogP contribution >= 0.6 is 11.6 Å². The number of aromatic nitrogens is 1. The topological polar surface area (TPSA) is 28.7 Å². The van der Waals surface area contributed by atoms with E-state index in [0.29, 0.717) is 22.7 Å². The first-order valence-corrected chi connectivity index (χ1v) is 6.49. The van der Waals surface area contributed by atoms with Gasteiger partial charge >= 0.3 is 0 Å². The normalized spacial score (nSPS) is 10.7. The van der Waals surface area contributed by atoms with Crippen molar-refractivity contribution in [2.24, 2.45) is 0 Å². The molecule has 1 heterocycles. The van der Waals surface area contributed by atoms with Crippen LogP contribution in [0.4, 0.5) is 4.39 Å². The molecule has 2 nitrogen and oxygen atoms in total. The van der Waals surface area contributed by atoms with Gasteiger partial charge in [-0.1, -0.05) is 35.9 Å². The van der Waals surface area contributed by atoms with Gasteiger partial charge < -0.3 is 4.57 Å². The minimum Gasteiger partial charge on any atom is -0.342 e. The molecule has 4 heteroatoms. The Balaban J connectivity index is 2.15. The third kappa shape index (κ3) is 2.04. The Hall–Kier alpha value is -2.31. The molecule has 1 aromatic heterocycles. The Labute approximate surface area is 120 Å². The highest BCUT2D eigenvalue weighted by atomic mass is 35.5. The van der Waals surface area contributed by atoms with Gasteiger partial charge in [0.05, 0.1) is 12.1 Å². The van der Waals surface area contributed by atoms with Crippen molar-refractivity contribution in [1.29, 1.82) is 5.26 Å². The lowest BCUT2D eigenvalue weighted by Crippen LogP contribution is -2.01. The van der Waals surface area contributed by atoms with Crippen molar-refractivity contribution >= 4 is 22.5 Å². The van der Waals surface area contributed by atoms with E-state index in [9.17, 15) is 4.39 Å². The zero-order valence-corrected chi connectivity index (χ0v) is 11.2. The van der Waals surface area contributed by atoms with Gasteiger partial charge in [0, 0.05) is 27.7 Å². The predicted octanol–water partition coefficient (Wildman–Crippen LogP) is 4.35. The van der Waals surface area contributed by atoms with Crippen LogP contribution < -0.4 is 0 Å². The summed E-state index contributed by atoms with van der Waals surface area (Å²) in [6.45, 7) is 0.299. The van der Waals surface area contributed by atoms with E-state index in [4.69, 9.17) is 16.9 Å². The molecule has 0 aliphatic rings. The third-order valence-electron chi connectivity index (χ3n) is 3.30. The second-order valence-electron chi connectivity index (χ2n) is 4.50. The van der Waals surface area contributed by atoms with Crippen LogP contribution in [0.2, 0.25) is 5.02 Å². The molecule has 0 saturated carbocycles. The number of halogens is 2. The molecule has 20 heavy (non-hydrogen) atoms. The van der Waals surface area contributed by atoms with E-state index in [1.54, 1.807) is 18.3 Å².